The first-order chi connectivity index (χ1) is 11.5. The largest absolute Gasteiger partial charge is 0.478 e. The smallest absolute Gasteiger partial charge is 0.335 e. The highest BCUT2D eigenvalue weighted by molar-refractivity contribution is 5.87. The number of hydrogen-bond donors (Lipinski definition) is 1. The summed E-state index contributed by atoms with van der Waals surface area (Å²) < 4.78 is 11.5. The summed E-state index contributed by atoms with van der Waals surface area (Å²) >= 11 is 0. The summed E-state index contributed by atoms with van der Waals surface area (Å²) in [4.78, 5) is 25.3. The van der Waals surface area contributed by atoms with Crippen LogP contribution in [0.2, 0.25) is 0 Å². The molecular formula is C18H23NO5. The number of carbonyl (C=O) groups excluding carboxylic acids is 1. The number of ether oxygens (including phenoxy) is 2. The first-order valence-corrected chi connectivity index (χ1v) is 8.33. The fourth-order valence-electron chi connectivity index (χ4n) is 3.44. The molecule has 6 nitrogen and oxygen atoms in total. The normalized spacial score (nSPS) is 26.7. The van der Waals surface area contributed by atoms with Gasteiger partial charge in [-0.15, -0.1) is 0 Å². The molecule has 1 aromatic carbocycles. The van der Waals surface area contributed by atoms with Crippen molar-refractivity contribution in [2.45, 2.75) is 37.9 Å². The van der Waals surface area contributed by atoms with Gasteiger partial charge >= 0.3 is 5.97 Å². The second-order valence-electron chi connectivity index (χ2n) is 6.69. The zero-order valence-electron chi connectivity index (χ0n) is 13.9. The molecular weight excluding hydrogens is 310 g/mol. The van der Waals surface area contributed by atoms with Gasteiger partial charge in [-0.2, -0.15) is 0 Å². The molecule has 2 aliphatic rings. The summed E-state index contributed by atoms with van der Waals surface area (Å²) in [5.74, 6) is -0.831. The van der Waals surface area contributed by atoms with Crippen molar-refractivity contribution in [1.29, 1.82) is 0 Å². The Hall–Kier alpha value is -1.92. The van der Waals surface area contributed by atoms with Gasteiger partial charge in [0.2, 0.25) is 5.91 Å². The fourth-order valence-corrected chi connectivity index (χ4v) is 3.44. The molecule has 24 heavy (non-hydrogen) atoms. The van der Waals surface area contributed by atoms with Crippen LogP contribution in [0.3, 0.4) is 0 Å². The van der Waals surface area contributed by atoms with Gasteiger partial charge in [0, 0.05) is 26.0 Å². The maximum Gasteiger partial charge on any atom is 0.335 e. The summed E-state index contributed by atoms with van der Waals surface area (Å²) in [5, 5.41) is 8.91. The highest BCUT2D eigenvalue weighted by Crippen LogP contribution is 2.30. The average molecular weight is 333 g/mol. The van der Waals surface area contributed by atoms with Crippen molar-refractivity contribution in [2.24, 2.45) is 0 Å². The maximum atomic E-state index is 12.6. The molecule has 0 saturated carbocycles. The third-order valence-corrected chi connectivity index (χ3v) is 4.66. The highest BCUT2D eigenvalue weighted by Gasteiger charge is 2.43. The van der Waals surface area contributed by atoms with E-state index in [2.05, 4.69) is 0 Å². The van der Waals surface area contributed by atoms with Gasteiger partial charge < -0.3 is 19.5 Å². The average Bonchev–Trinajstić information content (AvgIpc) is 2.99. The van der Waals surface area contributed by atoms with Gasteiger partial charge in [-0.25, -0.2) is 4.79 Å². The Kier molecular flexibility index (Phi) is 4.87. The Morgan fingerprint density at radius 1 is 1.33 bits per heavy atom. The van der Waals surface area contributed by atoms with Crippen LogP contribution in [-0.2, 0) is 20.7 Å². The molecule has 0 bridgehead atoms. The number of carbonyl (C=O) groups is 2. The zero-order valence-corrected chi connectivity index (χ0v) is 13.9. The van der Waals surface area contributed by atoms with Crippen LogP contribution in [-0.4, -0.2) is 59.9 Å². The summed E-state index contributed by atoms with van der Waals surface area (Å²) in [6, 6.07) is 6.68. The van der Waals surface area contributed by atoms with E-state index in [4.69, 9.17) is 14.6 Å². The van der Waals surface area contributed by atoms with Crippen LogP contribution >= 0.6 is 0 Å². The Labute approximate surface area is 141 Å². The van der Waals surface area contributed by atoms with E-state index in [9.17, 15) is 9.59 Å². The molecule has 130 valence electrons. The summed E-state index contributed by atoms with van der Waals surface area (Å²) in [7, 11) is 0. The van der Waals surface area contributed by atoms with E-state index >= 15 is 0 Å². The Morgan fingerprint density at radius 3 is 2.71 bits per heavy atom. The van der Waals surface area contributed by atoms with Gasteiger partial charge in [0.25, 0.3) is 0 Å². The lowest BCUT2D eigenvalue weighted by Gasteiger charge is -2.42. The number of benzene rings is 1. The third kappa shape index (κ3) is 3.76. The molecule has 2 atom stereocenters. The standard InChI is InChI=1S/C18H23NO5/c1-13-10-19(11-18(24-13)8-9-23-12-18)16(20)7-4-14-2-5-15(6-3-14)17(21)22/h2-3,5-6,13H,4,7-12H2,1H3,(H,21,22)/t13-,18-/m0/s1. The van der Waals surface area contributed by atoms with Crippen molar-refractivity contribution in [3.05, 3.63) is 35.4 Å². The third-order valence-electron chi connectivity index (χ3n) is 4.66. The van der Waals surface area contributed by atoms with Crippen molar-refractivity contribution >= 4 is 11.9 Å². The number of carboxylic acid groups (broad SMARTS) is 1. The van der Waals surface area contributed by atoms with Gasteiger partial charge in [0.1, 0.15) is 5.60 Å². The molecule has 2 saturated heterocycles. The first-order valence-electron chi connectivity index (χ1n) is 8.33. The van der Waals surface area contributed by atoms with E-state index in [-0.39, 0.29) is 23.2 Å². The lowest BCUT2D eigenvalue weighted by molar-refractivity contribution is -0.166. The molecule has 2 fully saturated rings. The lowest BCUT2D eigenvalue weighted by Crippen LogP contribution is -2.57. The van der Waals surface area contributed by atoms with Crippen LogP contribution in [0.15, 0.2) is 24.3 Å². The number of carboxylic acids is 1. The number of nitrogens with zero attached hydrogens (tertiary/aromatic N) is 1. The number of aryl methyl sites for hydroxylation is 1. The van der Waals surface area contributed by atoms with Crippen molar-refractivity contribution < 1.29 is 24.2 Å². The van der Waals surface area contributed by atoms with E-state index in [1.165, 1.54) is 0 Å². The highest BCUT2D eigenvalue weighted by atomic mass is 16.6. The number of morpholine rings is 1. The second kappa shape index (κ2) is 6.91. The predicted octanol–water partition coefficient (Wildman–Crippen LogP) is 1.72. The SMILES string of the molecule is C[C@H]1CN(C(=O)CCc2ccc(C(=O)O)cc2)C[C@]2(CCOC2)O1. The van der Waals surface area contributed by atoms with E-state index in [0.717, 1.165) is 12.0 Å². The maximum absolute atomic E-state index is 12.6. The van der Waals surface area contributed by atoms with Gasteiger partial charge in [-0.1, -0.05) is 12.1 Å². The zero-order chi connectivity index (χ0) is 17.2. The van der Waals surface area contributed by atoms with Crippen molar-refractivity contribution in [2.75, 3.05) is 26.3 Å². The van der Waals surface area contributed by atoms with E-state index < -0.39 is 5.97 Å². The lowest BCUT2D eigenvalue weighted by atomic mass is 9.98. The van der Waals surface area contributed by atoms with E-state index in [1.807, 2.05) is 11.8 Å². The summed E-state index contributed by atoms with van der Waals surface area (Å²) in [5.41, 5.74) is 0.889. The Balaban J connectivity index is 1.57. The minimum Gasteiger partial charge on any atom is -0.478 e. The number of hydrogen-bond acceptors (Lipinski definition) is 4. The van der Waals surface area contributed by atoms with E-state index in [0.29, 0.717) is 39.1 Å². The molecule has 0 aromatic heterocycles. The molecule has 0 radical (unpaired) electrons. The summed E-state index contributed by atoms with van der Waals surface area (Å²) in [6.07, 6.45) is 1.86. The predicted molar refractivity (Wildman–Crippen MR) is 87.0 cm³/mol. The molecule has 1 spiro atoms. The van der Waals surface area contributed by atoms with Crippen LogP contribution in [0.1, 0.15) is 35.7 Å². The molecule has 1 aromatic rings. The number of amides is 1. The molecule has 2 aliphatic heterocycles. The van der Waals surface area contributed by atoms with Gasteiger partial charge in [0.05, 0.1) is 24.8 Å². The first kappa shape index (κ1) is 16.9. The van der Waals surface area contributed by atoms with Gasteiger partial charge in [0.15, 0.2) is 0 Å². The molecule has 0 aliphatic carbocycles. The van der Waals surface area contributed by atoms with Crippen molar-refractivity contribution in [3.8, 4) is 0 Å². The molecule has 3 rings (SSSR count). The van der Waals surface area contributed by atoms with Crippen LogP contribution in [0.25, 0.3) is 0 Å². The Bertz CT molecular complexity index is 606. The van der Waals surface area contributed by atoms with Crippen molar-refractivity contribution in [1.82, 2.24) is 4.90 Å². The Morgan fingerprint density at radius 2 is 2.08 bits per heavy atom. The van der Waals surface area contributed by atoms with Crippen LogP contribution in [0, 0.1) is 0 Å². The molecule has 6 heteroatoms. The van der Waals surface area contributed by atoms with Crippen molar-refractivity contribution in [3.63, 3.8) is 0 Å². The minimum atomic E-state index is -0.941. The molecule has 2 heterocycles. The molecule has 1 amide bonds. The monoisotopic (exact) mass is 333 g/mol. The van der Waals surface area contributed by atoms with Crippen LogP contribution < -0.4 is 0 Å². The van der Waals surface area contributed by atoms with Gasteiger partial charge in [-0.05, 0) is 31.0 Å². The van der Waals surface area contributed by atoms with Crippen LogP contribution in [0.4, 0.5) is 0 Å². The molecule has 1 N–H and O–H groups in total. The molecule has 0 unspecified atom stereocenters. The topological polar surface area (TPSA) is 76.1 Å². The minimum absolute atomic E-state index is 0.0132. The summed E-state index contributed by atoms with van der Waals surface area (Å²) in [6.45, 7) is 4.43. The fraction of sp³-hybridized carbons (Fsp3) is 0.556. The van der Waals surface area contributed by atoms with Crippen LogP contribution in [0.5, 0.6) is 0 Å². The quantitative estimate of drug-likeness (QED) is 0.908. The van der Waals surface area contributed by atoms with Gasteiger partial charge in [-0.3, -0.25) is 4.79 Å². The number of aromatic carboxylic acids is 1. The van der Waals surface area contributed by atoms with E-state index in [1.54, 1.807) is 24.3 Å². The number of rotatable bonds is 4. The second-order valence-corrected chi connectivity index (χ2v) is 6.69.